The predicted octanol–water partition coefficient (Wildman–Crippen LogP) is 3.61. The number of nitrogens with zero attached hydrogens (tertiary/aromatic N) is 1. The topological polar surface area (TPSA) is 41.3 Å². The Bertz CT molecular complexity index is 599. The lowest BCUT2D eigenvalue weighted by Crippen LogP contribution is -2.29. The van der Waals surface area contributed by atoms with Gasteiger partial charge in [0.15, 0.2) is 0 Å². The molecule has 1 unspecified atom stereocenters. The Balaban J connectivity index is 2.41. The molecule has 106 valence electrons. The average Bonchev–Trinajstić information content (AvgIpc) is 2.44. The minimum atomic E-state index is -0.135. The van der Waals surface area contributed by atoms with Gasteiger partial charge in [-0.25, -0.2) is 5.43 Å². The third kappa shape index (κ3) is 3.25. The van der Waals surface area contributed by atoms with Crippen LogP contribution >= 0.6 is 23.2 Å². The summed E-state index contributed by atoms with van der Waals surface area (Å²) in [6.45, 7) is 0. The van der Waals surface area contributed by atoms with Gasteiger partial charge < -0.3 is 4.90 Å². The van der Waals surface area contributed by atoms with Gasteiger partial charge in [-0.3, -0.25) is 5.84 Å². The standard InChI is InChI=1S/C15H17Cl2N3/c1-20(2)12-5-3-4-10(8-12)15(19-18)11-6-7-13(16)14(17)9-11/h3-9,15,19H,18H2,1-2H3. The molecule has 2 aromatic rings. The van der Waals surface area contributed by atoms with Gasteiger partial charge in [0, 0.05) is 19.8 Å². The van der Waals surface area contributed by atoms with E-state index in [1.165, 1.54) is 0 Å². The van der Waals surface area contributed by atoms with E-state index in [-0.39, 0.29) is 6.04 Å². The Hall–Kier alpha value is -1.26. The number of nitrogens with one attached hydrogen (secondary N) is 1. The van der Waals surface area contributed by atoms with Crippen molar-refractivity contribution in [2.24, 2.45) is 5.84 Å². The van der Waals surface area contributed by atoms with Crippen LogP contribution in [0.3, 0.4) is 0 Å². The highest BCUT2D eigenvalue weighted by Gasteiger charge is 2.14. The highest BCUT2D eigenvalue weighted by molar-refractivity contribution is 6.42. The molecule has 0 fully saturated rings. The Morgan fingerprint density at radius 3 is 2.30 bits per heavy atom. The van der Waals surface area contributed by atoms with Crippen LogP contribution in [-0.2, 0) is 0 Å². The lowest BCUT2D eigenvalue weighted by Gasteiger charge is -2.20. The van der Waals surface area contributed by atoms with Crippen molar-refractivity contribution in [3.05, 3.63) is 63.6 Å². The smallest absolute Gasteiger partial charge is 0.0711 e. The summed E-state index contributed by atoms with van der Waals surface area (Å²) in [5.74, 6) is 5.71. The first kappa shape index (κ1) is 15.1. The molecule has 3 nitrogen and oxygen atoms in total. The molecule has 2 rings (SSSR count). The number of rotatable bonds is 4. The molecule has 0 aliphatic heterocycles. The van der Waals surface area contributed by atoms with Crippen molar-refractivity contribution in [1.29, 1.82) is 0 Å². The third-order valence-electron chi connectivity index (χ3n) is 3.16. The zero-order valence-corrected chi connectivity index (χ0v) is 12.9. The first-order valence-corrected chi connectivity index (χ1v) is 6.97. The van der Waals surface area contributed by atoms with Gasteiger partial charge >= 0.3 is 0 Å². The molecule has 20 heavy (non-hydrogen) atoms. The van der Waals surface area contributed by atoms with Crippen LogP contribution in [0, 0.1) is 0 Å². The van der Waals surface area contributed by atoms with Gasteiger partial charge in [0.2, 0.25) is 0 Å². The van der Waals surface area contributed by atoms with E-state index in [0.717, 1.165) is 16.8 Å². The second kappa shape index (κ2) is 6.46. The second-order valence-corrected chi connectivity index (χ2v) is 5.58. The summed E-state index contributed by atoms with van der Waals surface area (Å²) in [7, 11) is 4.01. The van der Waals surface area contributed by atoms with E-state index in [0.29, 0.717) is 10.0 Å². The minimum Gasteiger partial charge on any atom is -0.378 e. The average molecular weight is 310 g/mol. The maximum atomic E-state index is 6.08. The van der Waals surface area contributed by atoms with E-state index in [1.807, 2.05) is 49.3 Å². The summed E-state index contributed by atoms with van der Waals surface area (Å²) in [5, 5.41) is 1.06. The number of hydrogen-bond donors (Lipinski definition) is 2. The van der Waals surface area contributed by atoms with Crippen molar-refractivity contribution in [3.63, 3.8) is 0 Å². The quantitative estimate of drug-likeness (QED) is 0.669. The van der Waals surface area contributed by atoms with Crippen LogP contribution in [0.5, 0.6) is 0 Å². The van der Waals surface area contributed by atoms with Gasteiger partial charge in [0.1, 0.15) is 0 Å². The predicted molar refractivity (Wildman–Crippen MR) is 86.4 cm³/mol. The summed E-state index contributed by atoms with van der Waals surface area (Å²) in [5.41, 5.74) is 5.98. The number of anilines is 1. The van der Waals surface area contributed by atoms with Gasteiger partial charge in [0.25, 0.3) is 0 Å². The highest BCUT2D eigenvalue weighted by Crippen LogP contribution is 2.29. The maximum absolute atomic E-state index is 6.08. The summed E-state index contributed by atoms with van der Waals surface area (Å²) in [6.07, 6.45) is 0. The van der Waals surface area contributed by atoms with E-state index >= 15 is 0 Å². The fourth-order valence-corrected chi connectivity index (χ4v) is 2.37. The van der Waals surface area contributed by atoms with Crippen LogP contribution in [0.2, 0.25) is 10.0 Å². The molecular formula is C15H17Cl2N3. The lowest BCUT2D eigenvalue weighted by molar-refractivity contribution is 0.637. The number of hydrazine groups is 1. The maximum Gasteiger partial charge on any atom is 0.0711 e. The fourth-order valence-electron chi connectivity index (χ4n) is 2.06. The summed E-state index contributed by atoms with van der Waals surface area (Å²) in [4.78, 5) is 2.05. The van der Waals surface area contributed by atoms with Crippen LogP contribution in [0.25, 0.3) is 0 Å². The summed E-state index contributed by atoms with van der Waals surface area (Å²) >= 11 is 12.0. The Kier molecular flexibility index (Phi) is 4.89. The summed E-state index contributed by atoms with van der Waals surface area (Å²) in [6, 6.07) is 13.6. The highest BCUT2D eigenvalue weighted by atomic mass is 35.5. The largest absolute Gasteiger partial charge is 0.378 e. The molecule has 2 aromatic carbocycles. The molecular weight excluding hydrogens is 293 g/mol. The monoisotopic (exact) mass is 309 g/mol. The van der Waals surface area contributed by atoms with Crippen molar-refractivity contribution in [2.45, 2.75) is 6.04 Å². The zero-order valence-electron chi connectivity index (χ0n) is 11.4. The van der Waals surface area contributed by atoms with Crippen LogP contribution < -0.4 is 16.2 Å². The minimum absolute atomic E-state index is 0.135. The van der Waals surface area contributed by atoms with Gasteiger partial charge in [-0.1, -0.05) is 41.4 Å². The molecule has 0 radical (unpaired) electrons. The van der Waals surface area contributed by atoms with Crippen LogP contribution in [0.1, 0.15) is 17.2 Å². The van der Waals surface area contributed by atoms with Crippen molar-refractivity contribution in [2.75, 3.05) is 19.0 Å². The number of benzene rings is 2. The van der Waals surface area contributed by atoms with Gasteiger partial charge in [-0.15, -0.1) is 0 Å². The van der Waals surface area contributed by atoms with Crippen LogP contribution in [-0.4, -0.2) is 14.1 Å². The fraction of sp³-hybridized carbons (Fsp3) is 0.200. The molecule has 0 bridgehead atoms. The van der Waals surface area contributed by atoms with Crippen molar-refractivity contribution in [1.82, 2.24) is 5.43 Å². The Labute approximate surface area is 129 Å². The molecule has 0 spiro atoms. The lowest BCUT2D eigenvalue weighted by atomic mass is 9.99. The molecule has 0 saturated carbocycles. The molecule has 1 atom stereocenters. The molecule has 0 aliphatic carbocycles. The molecule has 5 heteroatoms. The first-order valence-electron chi connectivity index (χ1n) is 6.21. The number of hydrogen-bond acceptors (Lipinski definition) is 3. The molecule has 0 aromatic heterocycles. The zero-order chi connectivity index (χ0) is 14.7. The molecule has 0 saturated heterocycles. The Morgan fingerprint density at radius 2 is 1.70 bits per heavy atom. The van der Waals surface area contributed by atoms with Gasteiger partial charge in [-0.05, 0) is 35.4 Å². The summed E-state index contributed by atoms with van der Waals surface area (Å²) < 4.78 is 0. The normalized spacial score (nSPS) is 12.2. The van der Waals surface area contributed by atoms with Crippen molar-refractivity contribution < 1.29 is 0 Å². The van der Waals surface area contributed by atoms with Gasteiger partial charge in [-0.2, -0.15) is 0 Å². The van der Waals surface area contributed by atoms with Gasteiger partial charge in [0.05, 0.1) is 16.1 Å². The van der Waals surface area contributed by atoms with E-state index in [2.05, 4.69) is 11.5 Å². The SMILES string of the molecule is CN(C)c1cccc(C(NN)c2ccc(Cl)c(Cl)c2)c1. The van der Waals surface area contributed by atoms with Crippen molar-refractivity contribution in [3.8, 4) is 0 Å². The van der Waals surface area contributed by atoms with Crippen LogP contribution in [0.15, 0.2) is 42.5 Å². The molecule has 0 heterocycles. The molecule has 0 amide bonds. The van der Waals surface area contributed by atoms with E-state index in [4.69, 9.17) is 29.0 Å². The number of nitrogens with two attached hydrogens (primary N) is 1. The van der Waals surface area contributed by atoms with Crippen LogP contribution in [0.4, 0.5) is 5.69 Å². The van der Waals surface area contributed by atoms with E-state index < -0.39 is 0 Å². The second-order valence-electron chi connectivity index (χ2n) is 4.76. The molecule has 0 aliphatic rings. The molecule has 3 N–H and O–H groups in total. The van der Waals surface area contributed by atoms with E-state index in [1.54, 1.807) is 6.07 Å². The van der Waals surface area contributed by atoms with Crippen molar-refractivity contribution >= 4 is 28.9 Å². The Morgan fingerprint density at radius 1 is 1.00 bits per heavy atom. The van der Waals surface area contributed by atoms with E-state index in [9.17, 15) is 0 Å². The first-order chi connectivity index (χ1) is 9.52. The third-order valence-corrected chi connectivity index (χ3v) is 3.90. The number of halogens is 2.